The molecule has 0 saturated heterocycles. The van der Waals surface area contributed by atoms with E-state index in [0.29, 0.717) is 32.8 Å². The van der Waals surface area contributed by atoms with Gasteiger partial charge in [-0.3, -0.25) is 0 Å². The number of nitrogens with one attached hydrogen (secondary N) is 1. The van der Waals surface area contributed by atoms with Crippen molar-refractivity contribution in [1.82, 2.24) is 5.32 Å². The molecule has 1 aliphatic rings. The summed E-state index contributed by atoms with van der Waals surface area (Å²) in [4.78, 5) is 12.3. The lowest BCUT2D eigenvalue weighted by molar-refractivity contribution is 0.0273. The Balaban J connectivity index is 1.37. The van der Waals surface area contributed by atoms with Crippen LogP contribution in [-0.4, -0.2) is 46.9 Å². The third kappa shape index (κ3) is 6.46. The maximum atomic E-state index is 12.3. The summed E-state index contributed by atoms with van der Waals surface area (Å²) >= 11 is 0. The molecule has 6 heteroatoms. The maximum Gasteiger partial charge on any atom is 0.407 e. The Morgan fingerprint density at radius 1 is 1.09 bits per heavy atom. The second-order valence-corrected chi connectivity index (χ2v) is 15.0. The molecule has 0 unspecified atom stereocenters. The first-order valence-corrected chi connectivity index (χ1v) is 14.7. The highest BCUT2D eigenvalue weighted by atomic mass is 28.4. The van der Waals surface area contributed by atoms with Crippen LogP contribution in [0.5, 0.6) is 0 Å². The second kappa shape index (κ2) is 10.8. The smallest absolute Gasteiger partial charge is 0.407 e. The van der Waals surface area contributed by atoms with Crippen LogP contribution < -0.4 is 5.32 Å². The summed E-state index contributed by atoms with van der Waals surface area (Å²) in [5.41, 5.74) is 4.83. The number of alkyl carbamates (subject to hydrolysis) is 1. The minimum absolute atomic E-state index is 0.0557. The molecule has 1 N–H and O–H groups in total. The summed E-state index contributed by atoms with van der Waals surface area (Å²) in [5.74, 6) is 0.0557. The largest absolute Gasteiger partial charge is 0.449 e. The molecule has 180 valence electrons. The van der Waals surface area contributed by atoms with Crippen LogP contribution in [0.25, 0.3) is 11.1 Å². The summed E-state index contributed by atoms with van der Waals surface area (Å²) in [6.07, 6.45) is -0.00964. The van der Waals surface area contributed by atoms with Gasteiger partial charge < -0.3 is 19.2 Å². The molecule has 0 fully saturated rings. The minimum atomic E-state index is -1.85. The molecule has 1 amide bonds. The van der Waals surface area contributed by atoms with Crippen molar-refractivity contribution in [2.45, 2.75) is 64.2 Å². The molecule has 0 aliphatic heterocycles. The zero-order chi connectivity index (χ0) is 24.8. The van der Waals surface area contributed by atoms with Gasteiger partial charge in [0.15, 0.2) is 8.32 Å². The van der Waals surface area contributed by atoms with E-state index >= 15 is 0 Å². The topological polar surface area (TPSA) is 56.8 Å². The highest BCUT2D eigenvalue weighted by molar-refractivity contribution is 6.74. The second-order valence-electron chi connectivity index (χ2n) is 10.2. The standard InChI is InChI=1S/C27H39NO4Si/c1-20(18-32-33(5,6)27(2,3)4)30-17-11-16-28-26(29)31-19-25-23-14-9-7-12-21(23)22-13-8-10-15-24(22)25/h7-10,12-15,20,25H,11,16-19H2,1-6H3,(H,28,29)/t20-/m1/s1/i1D. The Morgan fingerprint density at radius 3 is 2.27 bits per heavy atom. The van der Waals surface area contributed by atoms with E-state index in [-0.39, 0.29) is 24.0 Å². The number of benzene rings is 2. The minimum Gasteiger partial charge on any atom is -0.449 e. The fraction of sp³-hybridized carbons (Fsp3) is 0.519. The van der Waals surface area contributed by atoms with Gasteiger partial charge in [0, 0.05) is 20.4 Å². The molecular formula is C27H39NO4Si. The Labute approximate surface area is 201 Å². The molecule has 5 nitrogen and oxygen atoms in total. The highest BCUT2D eigenvalue weighted by Gasteiger charge is 2.37. The van der Waals surface area contributed by atoms with Crippen LogP contribution in [0.1, 0.15) is 52.5 Å². The Morgan fingerprint density at radius 2 is 1.70 bits per heavy atom. The van der Waals surface area contributed by atoms with E-state index < -0.39 is 14.4 Å². The van der Waals surface area contributed by atoms with Gasteiger partial charge in [-0.25, -0.2) is 4.79 Å². The van der Waals surface area contributed by atoms with E-state index in [0.717, 1.165) is 0 Å². The van der Waals surface area contributed by atoms with E-state index in [4.69, 9.17) is 15.3 Å². The molecule has 2 aromatic carbocycles. The van der Waals surface area contributed by atoms with Crippen LogP contribution in [0.15, 0.2) is 48.5 Å². The van der Waals surface area contributed by atoms with Crippen molar-refractivity contribution < 1.29 is 20.1 Å². The molecular weight excluding hydrogens is 430 g/mol. The van der Waals surface area contributed by atoms with E-state index in [9.17, 15) is 4.79 Å². The molecule has 33 heavy (non-hydrogen) atoms. The molecule has 0 radical (unpaired) electrons. The molecule has 1 atom stereocenters. The molecule has 3 rings (SSSR count). The van der Waals surface area contributed by atoms with E-state index in [2.05, 4.69) is 63.4 Å². The van der Waals surface area contributed by atoms with Gasteiger partial charge >= 0.3 is 6.09 Å². The van der Waals surface area contributed by atoms with E-state index in [1.165, 1.54) is 22.3 Å². The summed E-state index contributed by atoms with van der Waals surface area (Å²) in [7, 11) is -1.85. The quantitative estimate of drug-likeness (QED) is 0.325. The van der Waals surface area contributed by atoms with Crippen molar-refractivity contribution >= 4 is 14.4 Å². The van der Waals surface area contributed by atoms with Crippen LogP contribution in [0.2, 0.25) is 18.1 Å². The van der Waals surface area contributed by atoms with Gasteiger partial charge in [0.25, 0.3) is 0 Å². The Kier molecular flexibility index (Phi) is 7.89. The van der Waals surface area contributed by atoms with Crippen molar-refractivity contribution in [3.8, 4) is 11.1 Å². The van der Waals surface area contributed by atoms with Crippen molar-refractivity contribution in [2.75, 3.05) is 26.4 Å². The molecule has 1 aliphatic carbocycles. The van der Waals surface area contributed by atoms with E-state index in [1.54, 1.807) is 0 Å². The first kappa shape index (κ1) is 24.0. The molecule has 2 aromatic rings. The van der Waals surface area contributed by atoms with Crippen molar-refractivity contribution in [2.24, 2.45) is 0 Å². The average Bonchev–Trinajstić information content (AvgIpc) is 3.12. The summed E-state index contributed by atoms with van der Waals surface area (Å²) in [5, 5.41) is 2.94. The third-order valence-corrected chi connectivity index (χ3v) is 11.2. The number of carbonyl (C=O) groups excluding carboxylic acids is 1. The zero-order valence-corrected chi connectivity index (χ0v) is 21.6. The maximum absolute atomic E-state index is 12.3. The number of fused-ring (bicyclic) bond motifs is 3. The van der Waals surface area contributed by atoms with Crippen LogP contribution >= 0.6 is 0 Å². The zero-order valence-electron chi connectivity index (χ0n) is 21.6. The summed E-state index contributed by atoms with van der Waals surface area (Å²) in [6, 6.07) is 16.6. The summed E-state index contributed by atoms with van der Waals surface area (Å²) < 4.78 is 25.3. The average molecular weight is 471 g/mol. The van der Waals surface area contributed by atoms with E-state index in [1.807, 2.05) is 24.3 Å². The first-order valence-electron chi connectivity index (χ1n) is 12.5. The third-order valence-electron chi connectivity index (χ3n) is 6.72. The number of carbonyl (C=O) groups is 1. The fourth-order valence-corrected chi connectivity index (χ4v) is 4.76. The van der Waals surface area contributed by atoms with Gasteiger partial charge in [0.05, 0.1) is 12.7 Å². The van der Waals surface area contributed by atoms with Crippen LogP contribution in [0, 0.1) is 0 Å². The van der Waals surface area contributed by atoms with Gasteiger partial charge in [0.1, 0.15) is 6.61 Å². The number of rotatable bonds is 10. The summed E-state index contributed by atoms with van der Waals surface area (Å²) in [6.45, 7) is 12.8. The molecule has 0 aromatic heterocycles. The fourth-order valence-electron chi connectivity index (χ4n) is 3.73. The first-order chi connectivity index (χ1) is 16.1. The Bertz CT molecular complexity index is 914. The monoisotopic (exact) mass is 470 g/mol. The predicted molar refractivity (Wildman–Crippen MR) is 136 cm³/mol. The number of hydrogen-bond donors (Lipinski definition) is 1. The SMILES string of the molecule is [2H]C[C@H](CO[Si](C)(C)C(C)(C)C)OCCCNC(=O)OCC1c2ccccc2-c2ccccc21. The van der Waals surface area contributed by atoms with Crippen molar-refractivity contribution in [3.05, 3.63) is 59.7 Å². The van der Waals surface area contributed by atoms with Crippen molar-refractivity contribution in [1.29, 1.82) is 0 Å². The number of hydrogen-bond acceptors (Lipinski definition) is 4. The van der Waals surface area contributed by atoms with Gasteiger partial charge in [-0.2, -0.15) is 0 Å². The molecule has 0 heterocycles. The molecule has 0 spiro atoms. The normalized spacial score (nSPS) is 14.9. The van der Waals surface area contributed by atoms with Gasteiger partial charge in [0.2, 0.25) is 0 Å². The lowest BCUT2D eigenvalue weighted by Gasteiger charge is -2.36. The molecule has 0 saturated carbocycles. The van der Waals surface area contributed by atoms with Gasteiger partial charge in [-0.1, -0.05) is 69.3 Å². The van der Waals surface area contributed by atoms with Crippen LogP contribution in [0.3, 0.4) is 0 Å². The molecule has 0 bridgehead atoms. The number of ether oxygens (including phenoxy) is 2. The van der Waals surface area contributed by atoms with Crippen molar-refractivity contribution in [3.63, 3.8) is 0 Å². The van der Waals surface area contributed by atoms with Crippen LogP contribution in [0.4, 0.5) is 4.79 Å². The lowest BCUT2D eigenvalue weighted by atomic mass is 9.98. The van der Waals surface area contributed by atoms with Crippen LogP contribution in [-0.2, 0) is 13.9 Å². The predicted octanol–water partition coefficient (Wildman–Crippen LogP) is 6.34. The van der Waals surface area contributed by atoms with Gasteiger partial charge in [-0.15, -0.1) is 0 Å². The lowest BCUT2D eigenvalue weighted by Crippen LogP contribution is -2.42. The van der Waals surface area contributed by atoms with Gasteiger partial charge in [-0.05, 0) is 53.7 Å². The number of amides is 1. The highest BCUT2D eigenvalue weighted by Crippen LogP contribution is 2.44. The Hall–Kier alpha value is -2.15.